The lowest BCUT2D eigenvalue weighted by molar-refractivity contribution is 0.516. The number of nitrogens with one attached hydrogen (secondary N) is 1. The minimum Gasteiger partial charge on any atom is -0.382 e. The number of fused-ring (bicyclic) bond motifs is 3. The number of nitrogen functional groups attached to an aromatic ring is 2. The van der Waals surface area contributed by atoms with E-state index in [9.17, 15) is 0 Å². The summed E-state index contributed by atoms with van der Waals surface area (Å²) in [7, 11) is 0. The van der Waals surface area contributed by atoms with Crippen LogP contribution in [0, 0.1) is 0 Å². The molecule has 0 unspecified atom stereocenters. The molecule has 5 N–H and O–H groups in total. The fraction of sp³-hybridized carbons (Fsp3) is 0.364. The molecule has 0 saturated heterocycles. The summed E-state index contributed by atoms with van der Waals surface area (Å²) in [6, 6.07) is 0. The van der Waals surface area contributed by atoms with Crippen molar-refractivity contribution < 1.29 is 0 Å². The number of aromatic amines is 1. The van der Waals surface area contributed by atoms with Crippen LogP contribution in [-0.2, 0) is 11.8 Å². The molecule has 1 aliphatic rings. The van der Waals surface area contributed by atoms with E-state index < -0.39 is 0 Å². The molecule has 2 heterocycles. The van der Waals surface area contributed by atoms with Crippen molar-refractivity contribution in [1.82, 2.24) is 20.2 Å². The number of anilines is 2. The highest BCUT2D eigenvalue weighted by Crippen LogP contribution is 2.43. The lowest BCUT2D eigenvalue weighted by atomic mass is 9.74. The molecule has 17 heavy (non-hydrogen) atoms. The first-order valence-corrected chi connectivity index (χ1v) is 5.45. The van der Waals surface area contributed by atoms with E-state index >= 15 is 0 Å². The largest absolute Gasteiger partial charge is 0.382 e. The van der Waals surface area contributed by atoms with Crippen molar-refractivity contribution in [2.45, 2.75) is 25.7 Å². The third-order valence-electron chi connectivity index (χ3n) is 3.22. The average Bonchev–Trinajstić information content (AvgIpc) is 2.63. The van der Waals surface area contributed by atoms with Gasteiger partial charge in [0, 0.05) is 11.8 Å². The fourth-order valence-corrected chi connectivity index (χ4v) is 2.54. The summed E-state index contributed by atoms with van der Waals surface area (Å²) < 4.78 is 0. The summed E-state index contributed by atoms with van der Waals surface area (Å²) >= 11 is 0. The number of nitrogens with two attached hydrogens (primary N) is 2. The molecule has 2 aromatic rings. The summed E-state index contributed by atoms with van der Waals surface area (Å²) in [5.41, 5.74) is 15.2. The molecule has 0 aromatic carbocycles. The van der Waals surface area contributed by atoms with Gasteiger partial charge in [-0.25, -0.2) is 9.97 Å². The number of nitrogens with zero attached hydrogens (tertiary/aromatic N) is 3. The zero-order chi connectivity index (χ0) is 12.2. The van der Waals surface area contributed by atoms with Crippen molar-refractivity contribution in [2.75, 3.05) is 11.5 Å². The van der Waals surface area contributed by atoms with Crippen molar-refractivity contribution >= 4 is 11.8 Å². The Morgan fingerprint density at radius 1 is 1.35 bits per heavy atom. The van der Waals surface area contributed by atoms with Crippen molar-refractivity contribution in [3.8, 4) is 11.4 Å². The molecule has 0 bridgehead atoms. The molecule has 0 spiro atoms. The molecule has 0 amide bonds. The Balaban J connectivity index is 2.33. The van der Waals surface area contributed by atoms with Crippen LogP contribution in [-0.4, -0.2) is 20.2 Å². The van der Waals surface area contributed by atoms with Crippen molar-refractivity contribution in [3.05, 3.63) is 17.3 Å². The summed E-state index contributed by atoms with van der Waals surface area (Å²) in [4.78, 5) is 8.31. The lowest BCUT2D eigenvalue weighted by Gasteiger charge is -2.30. The molecule has 0 aliphatic heterocycles. The van der Waals surface area contributed by atoms with Crippen LogP contribution in [0.2, 0.25) is 0 Å². The van der Waals surface area contributed by atoms with Crippen LogP contribution in [0.1, 0.15) is 25.0 Å². The van der Waals surface area contributed by atoms with Gasteiger partial charge >= 0.3 is 0 Å². The minimum absolute atomic E-state index is 0.0705. The maximum atomic E-state index is 5.92. The maximum Gasteiger partial charge on any atom is 0.220 e. The van der Waals surface area contributed by atoms with E-state index in [1.54, 1.807) is 6.20 Å². The van der Waals surface area contributed by atoms with Gasteiger partial charge in [-0.2, -0.15) is 5.10 Å². The number of rotatable bonds is 0. The molecular weight excluding hydrogens is 216 g/mol. The maximum absolute atomic E-state index is 5.92. The molecule has 0 saturated carbocycles. The quantitative estimate of drug-likeness (QED) is 0.622. The van der Waals surface area contributed by atoms with Crippen LogP contribution >= 0.6 is 0 Å². The third-order valence-corrected chi connectivity index (χ3v) is 3.22. The first-order chi connectivity index (χ1) is 7.99. The van der Waals surface area contributed by atoms with Gasteiger partial charge in [0.2, 0.25) is 5.95 Å². The topological polar surface area (TPSA) is 106 Å². The highest BCUT2D eigenvalue weighted by atomic mass is 15.2. The lowest BCUT2D eigenvalue weighted by Crippen LogP contribution is -2.26. The van der Waals surface area contributed by atoms with E-state index in [0.717, 1.165) is 28.9 Å². The van der Waals surface area contributed by atoms with Gasteiger partial charge in [-0.15, -0.1) is 0 Å². The van der Waals surface area contributed by atoms with E-state index in [1.165, 1.54) is 0 Å². The van der Waals surface area contributed by atoms with Gasteiger partial charge in [-0.3, -0.25) is 5.10 Å². The SMILES string of the molecule is CC1(C)Cc2cnc(N)nc2-c2[nH]nc(N)c21. The van der Waals surface area contributed by atoms with Gasteiger partial charge < -0.3 is 11.5 Å². The molecule has 6 nitrogen and oxygen atoms in total. The Kier molecular flexibility index (Phi) is 1.76. The predicted molar refractivity (Wildman–Crippen MR) is 65.2 cm³/mol. The van der Waals surface area contributed by atoms with Gasteiger partial charge in [0.25, 0.3) is 0 Å². The van der Waals surface area contributed by atoms with Crippen LogP contribution < -0.4 is 11.5 Å². The molecule has 3 rings (SSSR count). The van der Waals surface area contributed by atoms with E-state index in [1.807, 2.05) is 0 Å². The molecule has 1 aliphatic carbocycles. The zero-order valence-electron chi connectivity index (χ0n) is 9.78. The van der Waals surface area contributed by atoms with Gasteiger partial charge in [0.05, 0.1) is 11.4 Å². The zero-order valence-corrected chi connectivity index (χ0v) is 9.78. The molecule has 6 heteroatoms. The predicted octanol–water partition coefficient (Wildman–Crippen LogP) is 0.865. The Morgan fingerprint density at radius 2 is 2.12 bits per heavy atom. The number of H-pyrrole nitrogens is 1. The van der Waals surface area contributed by atoms with Crippen molar-refractivity contribution in [2.24, 2.45) is 0 Å². The molecule has 0 fully saturated rings. The highest BCUT2D eigenvalue weighted by Gasteiger charge is 2.36. The smallest absolute Gasteiger partial charge is 0.220 e. The van der Waals surface area contributed by atoms with Gasteiger partial charge in [0.15, 0.2) is 0 Å². The monoisotopic (exact) mass is 230 g/mol. The van der Waals surface area contributed by atoms with E-state index in [-0.39, 0.29) is 11.4 Å². The molecule has 2 aromatic heterocycles. The standard InChI is InChI=1S/C11H14N6/c1-11(2)3-5-4-14-10(13)15-7(5)8-6(11)9(12)17-16-8/h4H,3H2,1-2H3,(H3,12,16,17)(H2,13,14,15). The summed E-state index contributed by atoms with van der Waals surface area (Å²) in [6.07, 6.45) is 2.61. The highest BCUT2D eigenvalue weighted by molar-refractivity contribution is 5.73. The first kappa shape index (κ1) is 10.1. The summed E-state index contributed by atoms with van der Waals surface area (Å²) in [6.45, 7) is 4.27. The van der Waals surface area contributed by atoms with Gasteiger partial charge in [0.1, 0.15) is 5.82 Å². The van der Waals surface area contributed by atoms with Crippen molar-refractivity contribution in [1.29, 1.82) is 0 Å². The summed E-state index contributed by atoms with van der Waals surface area (Å²) in [5.74, 6) is 0.801. The Morgan fingerprint density at radius 3 is 2.88 bits per heavy atom. The first-order valence-electron chi connectivity index (χ1n) is 5.45. The van der Waals surface area contributed by atoms with E-state index in [2.05, 4.69) is 34.0 Å². The minimum atomic E-state index is -0.0705. The number of hydrogen-bond donors (Lipinski definition) is 3. The van der Waals surface area contributed by atoms with Gasteiger partial charge in [-0.1, -0.05) is 13.8 Å². The number of hydrogen-bond acceptors (Lipinski definition) is 5. The second kappa shape index (κ2) is 2.97. The molecule has 0 atom stereocenters. The van der Waals surface area contributed by atoms with Crippen LogP contribution in [0.5, 0.6) is 0 Å². The number of aromatic nitrogens is 4. The van der Waals surface area contributed by atoms with Crippen LogP contribution in [0.3, 0.4) is 0 Å². The van der Waals surface area contributed by atoms with E-state index in [0.29, 0.717) is 5.82 Å². The van der Waals surface area contributed by atoms with E-state index in [4.69, 9.17) is 11.5 Å². The second-order valence-corrected chi connectivity index (χ2v) is 5.02. The fourth-order valence-electron chi connectivity index (χ4n) is 2.54. The normalized spacial score (nSPS) is 16.4. The van der Waals surface area contributed by atoms with Crippen molar-refractivity contribution in [3.63, 3.8) is 0 Å². The Bertz CT molecular complexity index is 598. The van der Waals surface area contributed by atoms with Crippen LogP contribution in [0.15, 0.2) is 6.20 Å². The summed E-state index contributed by atoms with van der Waals surface area (Å²) in [5, 5.41) is 7.02. The second-order valence-electron chi connectivity index (χ2n) is 5.02. The third kappa shape index (κ3) is 1.30. The molecule has 0 radical (unpaired) electrons. The molecule has 88 valence electrons. The Hall–Kier alpha value is -2.11. The van der Waals surface area contributed by atoms with Gasteiger partial charge in [-0.05, 0) is 17.4 Å². The molecular formula is C11H14N6. The van der Waals surface area contributed by atoms with Crippen LogP contribution in [0.4, 0.5) is 11.8 Å². The Labute approximate surface area is 98.5 Å². The van der Waals surface area contributed by atoms with Crippen LogP contribution in [0.25, 0.3) is 11.4 Å². The average molecular weight is 230 g/mol.